The molecule has 4 atom stereocenters. The Morgan fingerprint density at radius 3 is 2.53 bits per heavy atom. The number of hydrogen-bond acceptors (Lipinski definition) is 4. The Kier molecular flexibility index (Phi) is 2.51. The smallest absolute Gasteiger partial charge is 0.311 e. The van der Waals surface area contributed by atoms with Crippen LogP contribution in [-0.2, 0) is 9.53 Å². The Morgan fingerprint density at radius 2 is 2.13 bits per heavy atom. The van der Waals surface area contributed by atoms with Crippen molar-refractivity contribution in [3.05, 3.63) is 0 Å². The largest absolute Gasteiger partial charge is 0.460 e. The van der Waals surface area contributed by atoms with Gasteiger partial charge in [0, 0.05) is 6.04 Å². The van der Waals surface area contributed by atoms with Gasteiger partial charge in [0.05, 0.1) is 12.0 Å². The molecule has 15 heavy (non-hydrogen) atoms. The third-order valence-electron chi connectivity index (χ3n) is 3.15. The molecule has 2 aliphatic rings. The number of rotatable bonds is 1. The Labute approximate surface area is 90.0 Å². The maximum absolute atomic E-state index is 11.9. The van der Waals surface area contributed by atoms with Gasteiger partial charge in [0.1, 0.15) is 5.60 Å². The van der Waals surface area contributed by atoms with Crippen LogP contribution in [0, 0.1) is 11.8 Å². The van der Waals surface area contributed by atoms with E-state index in [2.05, 4.69) is 5.32 Å². The second-order valence-electron chi connectivity index (χ2n) is 5.56. The van der Waals surface area contributed by atoms with Gasteiger partial charge in [-0.25, -0.2) is 0 Å². The molecular formula is C11H19NO3. The summed E-state index contributed by atoms with van der Waals surface area (Å²) in [6, 6.07) is -0.0927. The number of carbonyl (C=O) groups excluding carboxylic acids is 1. The summed E-state index contributed by atoms with van der Waals surface area (Å²) < 4.78 is 5.36. The topological polar surface area (TPSA) is 58.6 Å². The molecule has 1 saturated carbocycles. The fourth-order valence-electron chi connectivity index (χ4n) is 2.61. The first kappa shape index (κ1) is 10.9. The number of nitrogens with one attached hydrogen (secondary N) is 1. The average molecular weight is 213 g/mol. The Balaban J connectivity index is 2.03. The molecular weight excluding hydrogens is 194 g/mol. The third-order valence-corrected chi connectivity index (χ3v) is 3.15. The molecule has 1 saturated heterocycles. The van der Waals surface area contributed by atoms with Gasteiger partial charge in [0.2, 0.25) is 0 Å². The lowest BCUT2D eigenvalue weighted by atomic mass is 9.98. The first-order valence-electron chi connectivity index (χ1n) is 5.53. The van der Waals surface area contributed by atoms with E-state index in [4.69, 9.17) is 4.74 Å². The fraction of sp³-hybridized carbons (Fsp3) is 0.909. The lowest BCUT2D eigenvalue weighted by molar-refractivity contribution is -0.161. The van der Waals surface area contributed by atoms with Gasteiger partial charge in [-0.15, -0.1) is 0 Å². The summed E-state index contributed by atoms with van der Waals surface area (Å²) in [5, 5.41) is 12.8. The van der Waals surface area contributed by atoms with E-state index in [1.807, 2.05) is 20.8 Å². The molecule has 0 amide bonds. The van der Waals surface area contributed by atoms with E-state index in [1.165, 1.54) is 0 Å². The molecule has 4 heteroatoms. The van der Waals surface area contributed by atoms with Gasteiger partial charge in [0.15, 0.2) is 0 Å². The standard InChI is InChI=1S/C11H19NO3/c1-11(2,3)15-10(14)8-6-4-7(13)9(8)12-5-6/h6-9,12-13H,4-5H2,1-3H3/t6-,7+,8-,9-/m1/s1. The van der Waals surface area contributed by atoms with E-state index in [9.17, 15) is 9.90 Å². The molecule has 0 radical (unpaired) electrons. The van der Waals surface area contributed by atoms with Crippen LogP contribution in [0.4, 0.5) is 0 Å². The average Bonchev–Trinajstić information content (AvgIpc) is 2.55. The van der Waals surface area contributed by atoms with Crippen molar-refractivity contribution in [3.63, 3.8) is 0 Å². The van der Waals surface area contributed by atoms with Crippen LogP contribution in [0.5, 0.6) is 0 Å². The highest BCUT2D eigenvalue weighted by molar-refractivity contribution is 5.75. The van der Waals surface area contributed by atoms with Crippen molar-refractivity contribution in [1.82, 2.24) is 5.32 Å². The van der Waals surface area contributed by atoms with Crippen LogP contribution in [0.25, 0.3) is 0 Å². The van der Waals surface area contributed by atoms with Crippen molar-refractivity contribution in [2.75, 3.05) is 6.54 Å². The van der Waals surface area contributed by atoms with Crippen LogP contribution in [0.2, 0.25) is 0 Å². The van der Waals surface area contributed by atoms with Crippen molar-refractivity contribution >= 4 is 5.97 Å². The maximum atomic E-state index is 11.9. The van der Waals surface area contributed by atoms with Gasteiger partial charge in [-0.2, -0.15) is 0 Å². The van der Waals surface area contributed by atoms with Crippen molar-refractivity contribution in [2.24, 2.45) is 11.8 Å². The molecule has 86 valence electrons. The Bertz CT molecular complexity index is 271. The molecule has 1 aliphatic carbocycles. The summed E-state index contributed by atoms with van der Waals surface area (Å²) in [6.45, 7) is 6.43. The number of aliphatic hydroxyl groups excluding tert-OH is 1. The number of fused-ring (bicyclic) bond motifs is 2. The Morgan fingerprint density at radius 1 is 1.47 bits per heavy atom. The van der Waals surface area contributed by atoms with Crippen molar-refractivity contribution in [2.45, 2.75) is 44.9 Å². The van der Waals surface area contributed by atoms with Crippen molar-refractivity contribution < 1.29 is 14.6 Å². The number of ether oxygens (including phenoxy) is 1. The predicted octanol–water partition coefficient (Wildman–Crippen LogP) is 0.297. The summed E-state index contributed by atoms with van der Waals surface area (Å²) in [4.78, 5) is 11.9. The number of hydrogen-bond donors (Lipinski definition) is 2. The van der Waals surface area contributed by atoms with Crippen LogP contribution in [0.15, 0.2) is 0 Å². The number of carbonyl (C=O) groups is 1. The monoisotopic (exact) mass is 213 g/mol. The zero-order valence-corrected chi connectivity index (χ0v) is 9.49. The molecule has 0 unspecified atom stereocenters. The van der Waals surface area contributed by atoms with Crippen molar-refractivity contribution in [3.8, 4) is 0 Å². The first-order valence-corrected chi connectivity index (χ1v) is 5.53. The molecule has 2 rings (SSSR count). The molecule has 1 heterocycles. The van der Waals surface area contributed by atoms with E-state index >= 15 is 0 Å². The van der Waals surface area contributed by atoms with Crippen LogP contribution in [0.3, 0.4) is 0 Å². The molecule has 1 aliphatic heterocycles. The van der Waals surface area contributed by atoms with Gasteiger partial charge in [-0.1, -0.05) is 0 Å². The molecule has 2 bridgehead atoms. The van der Waals surface area contributed by atoms with E-state index < -0.39 is 5.60 Å². The zero-order chi connectivity index (χ0) is 11.2. The highest BCUT2D eigenvalue weighted by Gasteiger charge is 2.52. The minimum absolute atomic E-state index is 0.0927. The van der Waals surface area contributed by atoms with Gasteiger partial charge >= 0.3 is 5.97 Å². The first-order chi connectivity index (χ1) is 6.88. The van der Waals surface area contributed by atoms with E-state index in [0.29, 0.717) is 0 Å². The highest BCUT2D eigenvalue weighted by atomic mass is 16.6. The molecule has 2 N–H and O–H groups in total. The lowest BCUT2D eigenvalue weighted by Gasteiger charge is -2.23. The predicted molar refractivity (Wildman–Crippen MR) is 55.2 cm³/mol. The van der Waals surface area contributed by atoms with Gasteiger partial charge in [0.25, 0.3) is 0 Å². The van der Waals surface area contributed by atoms with Crippen LogP contribution >= 0.6 is 0 Å². The highest BCUT2D eigenvalue weighted by Crippen LogP contribution is 2.38. The summed E-state index contributed by atoms with van der Waals surface area (Å²) in [5.41, 5.74) is -0.440. The molecule has 4 nitrogen and oxygen atoms in total. The SMILES string of the molecule is CC(C)(C)OC(=O)[C@@H]1[C@H]2CN[C@@H]1[C@@H](O)C2. The molecule has 0 aromatic rings. The van der Waals surface area contributed by atoms with E-state index in [0.717, 1.165) is 13.0 Å². The second kappa shape index (κ2) is 3.46. The van der Waals surface area contributed by atoms with Crippen LogP contribution in [0.1, 0.15) is 27.2 Å². The zero-order valence-electron chi connectivity index (χ0n) is 9.49. The molecule has 0 aromatic heterocycles. The maximum Gasteiger partial charge on any atom is 0.311 e. The summed E-state index contributed by atoms with van der Waals surface area (Å²) in [7, 11) is 0. The van der Waals surface area contributed by atoms with Gasteiger partial charge in [-0.3, -0.25) is 4.79 Å². The second-order valence-corrected chi connectivity index (χ2v) is 5.56. The van der Waals surface area contributed by atoms with E-state index in [1.54, 1.807) is 0 Å². The van der Waals surface area contributed by atoms with E-state index in [-0.39, 0.29) is 30.0 Å². The summed E-state index contributed by atoms with van der Waals surface area (Å²) >= 11 is 0. The lowest BCUT2D eigenvalue weighted by Crippen LogP contribution is -2.40. The Hall–Kier alpha value is -0.610. The van der Waals surface area contributed by atoms with Crippen LogP contribution < -0.4 is 5.32 Å². The third kappa shape index (κ3) is 2.01. The molecule has 0 aromatic carbocycles. The van der Waals surface area contributed by atoms with Gasteiger partial charge in [-0.05, 0) is 39.7 Å². The van der Waals surface area contributed by atoms with Crippen LogP contribution in [-0.4, -0.2) is 35.4 Å². The normalized spacial score (nSPS) is 39.5. The fourth-order valence-corrected chi connectivity index (χ4v) is 2.61. The van der Waals surface area contributed by atoms with Crippen molar-refractivity contribution in [1.29, 1.82) is 0 Å². The number of aliphatic hydroxyl groups is 1. The summed E-state index contributed by atoms with van der Waals surface area (Å²) in [5.74, 6) is -0.0712. The summed E-state index contributed by atoms with van der Waals surface area (Å²) in [6.07, 6.45) is 0.336. The molecule has 0 spiro atoms. The number of esters is 1. The molecule has 2 fully saturated rings. The van der Waals surface area contributed by atoms with Gasteiger partial charge < -0.3 is 15.2 Å². The number of piperidine rings is 1. The quantitative estimate of drug-likeness (QED) is 0.615. The minimum atomic E-state index is -0.440. The minimum Gasteiger partial charge on any atom is -0.460 e.